The van der Waals surface area contributed by atoms with E-state index >= 15 is 0 Å². The lowest BCUT2D eigenvalue weighted by molar-refractivity contribution is -0.136. The molecule has 2 amide bonds. The number of hydrogen-bond donors (Lipinski definition) is 3. The normalized spacial score (nSPS) is 11.4. The molecule has 0 radical (unpaired) electrons. The fourth-order valence-electron chi connectivity index (χ4n) is 4.24. The first kappa shape index (κ1) is 24.6. The lowest BCUT2D eigenvalue weighted by Crippen LogP contribution is -2.43. The maximum Gasteiger partial charge on any atom is 0.281 e. The molecule has 0 saturated carbocycles. The fraction of sp³-hybridized carbons (Fsp3) is 0.138. The Labute approximate surface area is 210 Å². The Morgan fingerprint density at radius 2 is 1.44 bits per heavy atom. The van der Waals surface area contributed by atoms with Gasteiger partial charge in [-0.25, -0.2) is 5.43 Å². The van der Waals surface area contributed by atoms with Crippen molar-refractivity contribution in [3.05, 3.63) is 119 Å². The summed E-state index contributed by atoms with van der Waals surface area (Å²) in [5.41, 5.74) is 5.92. The van der Waals surface area contributed by atoms with Crippen molar-refractivity contribution < 1.29 is 14.7 Å². The predicted octanol–water partition coefficient (Wildman–Crippen LogP) is 4.44. The van der Waals surface area contributed by atoms with E-state index in [1.165, 1.54) is 6.92 Å². The molecule has 4 rings (SSSR count). The van der Waals surface area contributed by atoms with Gasteiger partial charge in [-0.15, -0.1) is 0 Å². The van der Waals surface area contributed by atoms with E-state index in [1.54, 1.807) is 54.7 Å². The van der Waals surface area contributed by atoms with E-state index in [2.05, 4.69) is 20.4 Å². The van der Waals surface area contributed by atoms with Crippen LogP contribution in [-0.2, 0) is 15.2 Å². The van der Waals surface area contributed by atoms with Gasteiger partial charge < -0.3 is 15.0 Å². The Balaban J connectivity index is 1.57. The predicted molar refractivity (Wildman–Crippen MR) is 141 cm³/mol. The second-order valence-corrected chi connectivity index (χ2v) is 8.53. The van der Waals surface area contributed by atoms with Gasteiger partial charge in [0.1, 0.15) is 0 Å². The van der Waals surface area contributed by atoms with Gasteiger partial charge in [0.05, 0.1) is 6.21 Å². The molecule has 3 N–H and O–H groups in total. The Morgan fingerprint density at radius 1 is 0.889 bits per heavy atom. The van der Waals surface area contributed by atoms with Crippen LogP contribution < -0.4 is 10.7 Å². The molecule has 182 valence electrons. The van der Waals surface area contributed by atoms with Gasteiger partial charge in [-0.1, -0.05) is 60.7 Å². The first-order valence-electron chi connectivity index (χ1n) is 11.5. The summed E-state index contributed by atoms with van der Waals surface area (Å²) in [5, 5.41) is 18.5. The minimum atomic E-state index is -1.90. The Bertz CT molecular complexity index is 1350. The molecule has 0 aliphatic rings. The highest BCUT2D eigenvalue weighted by Gasteiger charge is 2.39. The Kier molecular flexibility index (Phi) is 7.12. The van der Waals surface area contributed by atoms with Crippen LogP contribution in [0.4, 0.5) is 5.69 Å². The molecule has 0 spiro atoms. The number of benzene rings is 3. The molecule has 0 aliphatic heterocycles. The summed E-state index contributed by atoms with van der Waals surface area (Å²) in [6.07, 6.45) is 1.57. The third kappa shape index (κ3) is 4.96. The van der Waals surface area contributed by atoms with Crippen molar-refractivity contribution in [3.63, 3.8) is 0 Å². The van der Waals surface area contributed by atoms with Crippen molar-refractivity contribution >= 4 is 23.7 Å². The van der Waals surface area contributed by atoms with E-state index in [4.69, 9.17) is 0 Å². The summed E-state index contributed by atoms with van der Waals surface area (Å²) in [7, 11) is 0. The number of hydrogen-bond acceptors (Lipinski definition) is 4. The molecule has 0 atom stereocenters. The summed E-state index contributed by atoms with van der Waals surface area (Å²) >= 11 is 0. The van der Waals surface area contributed by atoms with Crippen molar-refractivity contribution in [2.45, 2.75) is 26.4 Å². The zero-order valence-corrected chi connectivity index (χ0v) is 20.4. The smallest absolute Gasteiger partial charge is 0.281 e. The SMILES string of the molecule is CC(=O)Nc1ccc(-n2c(C)cc(/C=N\NC(=O)C(O)(c3ccccc3)c3ccccc3)c2C)cc1. The number of carbonyl (C=O) groups is 2. The highest BCUT2D eigenvalue weighted by Crippen LogP contribution is 2.30. The standard InChI is InChI=1S/C29H28N4O3/c1-20-18-23(21(2)33(20)27-16-14-26(15-17-27)31-22(3)34)19-30-32-28(35)29(36,24-10-6-4-7-11-24)25-12-8-5-9-13-25/h4-19,36H,1-3H3,(H,31,34)(H,32,35)/b30-19-. The quantitative estimate of drug-likeness (QED) is 0.270. The second kappa shape index (κ2) is 10.4. The minimum Gasteiger partial charge on any atom is -0.372 e. The molecule has 1 aromatic heterocycles. The molecule has 0 bridgehead atoms. The topological polar surface area (TPSA) is 95.7 Å². The van der Waals surface area contributed by atoms with Crippen LogP contribution in [0.1, 0.15) is 35.0 Å². The molecule has 0 saturated heterocycles. The van der Waals surface area contributed by atoms with Gasteiger partial charge in [0.2, 0.25) is 5.91 Å². The van der Waals surface area contributed by atoms with Crippen molar-refractivity contribution in [2.75, 3.05) is 5.32 Å². The van der Waals surface area contributed by atoms with Crippen LogP contribution in [0.5, 0.6) is 0 Å². The first-order chi connectivity index (χ1) is 17.3. The molecule has 0 unspecified atom stereocenters. The monoisotopic (exact) mass is 480 g/mol. The van der Waals surface area contributed by atoms with Crippen LogP contribution in [0.2, 0.25) is 0 Å². The van der Waals surface area contributed by atoms with Crippen molar-refractivity contribution in [1.29, 1.82) is 0 Å². The molecule has 1 heterocycles. The molecule has 0 fully saturated rings. The molecular formula is C29H28N4O3. The zero-order chi connectivity index (χ0) is 25.7. The number of aliphatic hydroxyl groups is 1. The van der Waals surface area contributed by atoms with Gasteiger partial charge in [0.25, 0.3) is 5.91 Å². The largest absolute Gasteiger partial charge is 0.372 e. The Morgan fingerprint density at radius 3 is 1.97 bits per heavy atom. The molecule has 3 aromatic carbocycles. The fourth-order valence-corrected chi connectivity index (χ4v) is 4.24. The maximum absolute atomic E-state index is 13.2. The number of anilines is 1. The van der Waals surface area contributed by atoms with E-state index in [-0.39, 0.29) is 5.91 Å². The summed E-state index contributed by atoms with van der Waals surface area (Å²) < 4.78 is 2.06. The zero-order valence-electron chi connectivity index (χ0n) is 20.4. The number of nitrogens with zero attached hydrogens (tertiary/aromatic N) is 2. The lowest BCUT2D eigenvalue weighted by Gasteiger charge is -2.27. The van der Waals surface area contributed by atoms with Crippen LogP contribution in [0.3, 0.4) is 0 Å². The van der Waals surface area contributed by atoms with Gasteiger partial charge in [-0.05, 0) is 55.3 Å². The van der Waals surface area contributed by atoms with E-state index in [9.17, 15) is 14.7 Å². The van der Waals surface area contributed by atoms with Crippen LogP contribution >= 0.6 is 0 Å². The number of aryl methyl sites for hydroxylation is 1. The van der Waals surface area contributed by atoms with Gasteiger partial charge in [-0.3, -0.25) is 9.59 Å². The number of rotatable bonds is 7. The highest BCUT2D eigenvalue weighted by molar-refractivity contribution is 5.91. The average Bonchev–Trinajstić information content (AvgIpc) is 3.17. The summed E-state index contributed by atoms with van der Waals surface area (Å²) in [4.78, 5) is 24.5. The van der Waals surface area contributed by atoms with Crippen molar-refractivity contribution in [1.82, 2.24) is 9.99 Å². The summed E-state index contributed by atoms with van der Waals surface area (Å²) in [5.74, 6) is -0.776. The van der Waals surface area contributed by atoms with E-state index < -0.39 is 11.5 Å². The van der Waals surface area contributed by atoms with E-state index in [0.29, 0.717) is 11.1 Å². The van der Waals surface area contributed by atoms with Crippen LogP contribution in [0.15, 0.2) is 96.1 Å². The number of nitrogens with one attached hydrogen (secondary N) is 2. The van der Waals surface area contributed by atoms with Crippen molar-refractivity contribution in [3.8, 4) is 5.69 Å². The van der Waals surface area contributed by atoms with Crippen LogP contribution in [-0.4, -0.2) is 27.7 Å². The van der Waals surface area contributed by atoms with Gasteiger partial charge in [-0.2, -0.15) is 5.10 Å². The number of hydrazone groups is 1. The number of carbonyl (C=O) groups excluding carboxylic acids is 2. The van der Waals surface area contributed by atoms with E-state index in [0.717, 1.165) is 28.3 Å². The minimum absolute atomic E-state index is 0.122. The number of amides is 2. The average molecular weight is 481 g/mol. The third-order valence-electron chi connectivity index (χ3n) is 6.00. The van der Waals surface area contributed by atoms with Gasteiger partial charge in [0.15, 0.2) is 5.60 Å². The first-order valence-corrected chi connectivity index (χ1v) is 11.5. The Hall–Kier alpha value is -4.49. The van der Waals surface area contributed by atoms with Crippen molar-refractivity contribution in [2.24, 2.45) is 5.10 Å². The van der Waals surface area contributed by atoms with Crippen LogP contribution in [0.25, 0.3) is 5.69 Å². The molecule has 36 heavy (non-hydrogen) atoms. The summed E-state index contributed by atoms with van der Waals surface area (Å²) in [6, 6.07) is 27.1. The molecule has 7 heteroatoms. The van der Waals surface area contributed by atoms with Gasteiger partial charge in [0, 0.05) is 35.2 Å². The number of aromatic nitrogens is 1. The highest BCUT2D eigenvalue weighted by atomic mass is 16.3. The maximum atomic E-state index is 13.2. The molecule has 0 aliphatic carbocycles. The van der Waals surface area contributed by atoms with Gasteiger partial charge >= 0.3 is 0 Å². The van der Waals surface area contributed by atoms with E-state index in [1.807, 2.05) is 56.3 Å². The summed E-state index contributed by atoms with van der Waals surface area (Å²) in [6.45, 7) is 5.41. The lowest BCUT2D eigenvalue weighted by atomic mass is 9.85. The molecule has 7 nitrogen and oxygen atoms in total. The molecule has 4 aromatic rings. The second-order valence-electron chi connectivity index (χ2n) is 8.53. The molecular weight excluding hydrogens is 452 g/mol. The van der Waals surface area contributed by atoms with Crippen LogP contribution in [0, 0.1) is 13.8 Å². The third-order valence-corrected chi connectivity index (χ3v) is 6.00.